The number of hydrogen-bond donors (Lipinski definition) is 1. The molecule has 20 heavy (non-hydrogen) atoms. The van der Waals surface area contributed by atoms with Crippen LogP contribution in [0, 0.1) is 5.82 Å². The second-order valence-electron chi connectivity index (χ2n) is 4.67. The van der Waals surface area contributed by atoms with Crippen LogP contribution in [0.4, 0.5) is 4.39 Å². The molecule has 0 aliphatic carbocycles. The first-order chi connectivity index (χ1) is 9.58. The van der Waals surface area contributed by atoms with Crippen molar-refractivity contribution in [2.24, 2.45) is 0 Å². The number of carbonyl (C=O) groups is 1. The van der Waals surface area contributed by atoms with E-state index in [0.717, 1.165) is 29.5 Å². The van der Waals surface area contributed by atoms with Gasteiger partial charge in [0, 0.05) is 5.56 Å². The standard InChI is InChI=1S/C17H17FO2/c1-3-11-8-9-12(4-2)15(10-11)13-6-5-7-14(16(13)18)17(19)20/h5-10H,3-4H2,1-2H3,(H,19,20). The van der Waals surface area contributed by atoms with Gasteiger partial charge in [0.1, 0.15) is 5.82 Å². The van der Waals surface area contributed by atoms with E-state index < -0.39 is 11.8 Å². The van der Waals surface area contributed by atoms with Crippen molar-refractivity contribution >= 4 is 5.97 Å². The van der Waals surface area contributed by atoms with Crippen molar-refractivity contribution < 1.29 is 14.3 Å². The van der Waals surface area contributed by atoms with Crippen LogP contribution < -0.4 is 0 Å². The van der Waals surface area contributed by atoms with Gasteiger partial charge in [0.25, 0.3) is 0 Å². The van der Waals surface area contributed by atoms with Gasteiger partial charge in [-0.3, -0.25) is 0 Å². The largest absolute Gasteiger partial charge is 0.478 e. The first kappa shape index (κ1) is 14.3. The number of carboxylic acid groups (broad SMARTS) is 1. The van der Waals surface area contributed by atoms with Crippen LogP contribution in [0.1, 0.15) is 35.3 Å². The van der Waals surface area contributed by atoms with Gasteiger partial charge in [-0.1, -0.05) is 44.2 Å². The van der Waals surface area contributed by atoms with Gasteiger partial charge < -0.3 is 5.11 Å². The number of benzene rings is 2. The highest BCUT2D eigenvalue weighted by Gasteiger charge is 2.16. The Morgan fingerprint density at radius 3 is 2.45 bits per heavy atom. The summed E-state index contributed by atoms with van der Waals surface area (Å²) in [5.41, 5.74) is 2.98. The molecule has 0 bridgehead atoms. The van der Waals surface area contributed by atoms with Gasteiger partial charge in [0.15, 0.2) is 0 Å². The highest BCUT2D eigenvalue weighted by atomic mass is 19.1. The average molecular weight is 272 g/mol. The van der Waals surface area contributed by atoms with E-state index in [1.165, 1.54) is 6.07 Å². The molecule has 2 aromatic rings. The molecule has 0 amide bonds. The molecule has 0 atom stereocenters. The predicted molar refractivity (Wildman–Crippen MR) is 77.6 cm³/mol. The van der Waals surface area contributed by atoms with Crippen LogP contribution in [0.15, 0.2) is 36.4 Å². The maximum atomic E-state index is 14.4. The Balaban J connectivity index is 2.67. The second-order valence-corrected chi connectivity index (χ2v) is 4.67. The Morgan fingerprint density at radius 1 is 1.10 bits per heavy atom. The summed E-state index contributed by atoms with van der Waals surface area (Å²) < 4.78 is 14.4. The molecule has 104 valence electrons. The minimum atomic E-state index is -1.24. The third-order valence-corrected chi connectivity index (χ3v) is 3.48. The highest BCUT2D eigenvalue weighted by molar-refractivity contribution is 5.90. The zero-order valence-corrected chi connectivity index (χ0v) is 11.6. The Hall–Kier alpha value is -2.16. The highest BCUT2D eigenvalue weighted by Crippen LogP contribution is 2.29. The van der Waals surface area contributed by atoms with Crippen molar-refractivity contribution in [2.45, 2.75) is 26.7 Å². The molecule has 0 saturated heterocycles. The quantitative estimate of drug-likeness (QED) is 0.900. The van der Waals surface area contributed by atoms with Crippen LogP contribution in [-0.4, -0.2) is 11.1 Å². The first-order valence-electron chi connectivity index (χ1n) is 6.72. The fraction of sp³-hybridized carbons (Fsp3) is 0.235. The van der Waals surface area contributed by atoms with Gasteiger partial charge in [-0.25, -0.2) is 9.18 Å². The molecule has 2 aromatic carbocycles. The summed E-state index contributed by atoms with van der Waals surface area (Å²) in [5, 5.41) is 9.02. The summed E-state index contributed by atoms with van der Waals surface area (Å²) in [6.07, 6.45) is 1.63. The number of halogens is 1. The molecule has 0 radical (unpaired) electrons. The lowest BCUT2D eigenvalue weighted by Crippen LogP contribution is -2.02. The van der Waals surface area contributed by atoms with Gasteiger partial charge >= 0.3 is 5.97 Å². The molecule has 1 N–H and O–H groups in total. The third kappa shape index (κ3) is 2.57. The van der Waals surface area contributed by atoms with Crippen molar-refractivity contribution in [3.05, 3.63) is 58.9 Å². The monoisotopic (exact) mass is 272 g/mol. The van der Waals surface area contributed by atoms with Crippen LogP contribution in [0.5, 0.6) is 0 Å². The van der Waals surface area contributed by atoms with Crippen molar-refractivity contribution in [3.63, 3.8) is 0 Å². The van der Waals surface area contributed by atoms with E-state index in [2.05, 4.69) is 0 Å². The van der Waals surface area contributed by atoms with E-state index in [1.54, 1.807) is 12.1 Å². The van der Waals surface area contributed by atoms with E-state index in [9.17, 15) is 9.18 Å². The zero-order valence-electron chi connectivity index (χ0n) is 11.6. The Kier molecular flexibility index (Phi) is 4.18. The topological polar surface area (TPSA) is 37.3 Å². The smallest absolute Gasteiger partial charge is 0.338 e. The lowest BCUT2D eigenvalue weighted by atomic mass is 9.93. The van der Waals surface area contributed by atoms with E-state index in [0.29, 0.717) is 5.56 Å². The molecule has 0 aromatic heterocycles. The molecule has 0 aliphatic heterocycles. The SMILES string of the molecule is CCc1ccc(CC)c(-c2cccc(C(=O)O)c2F)c1. The third-order valence-electron chi connectivity index (χ3n) is 3.48. The van der Waals surface area contributed by atoms with Crippen LogP contribution in [0.25, 0.3) is 11.1 Å². The van der Waals surface area contributed by atoms with E-state index in [1.807, 2.05) is 32.0 Å². The van der Waals surface area contributed by atoms with Gasteiger partial charge in [-0.2, -0.15) is 0 Å². The van der Waals surface area contributed by atoms with Crippen molar-refractivity contribution in [1.82, 2.24) is 0 Å². The van der Waals surface area contributed by atoms with Gasteiger partial charge in [-0.15, -0.1) is 0 Å². The fourth-order valence-electron chi connectivity index (χ4n) is 2.31. The van der Waals surface area contributed by atoms with E-state index >= 15 is 0 Å². The first-order valence-corrected chi connectivity index (χ1v) is 6.72. The number of aromatic carboxylic acids is 1. The molecular formula is C17H17FO2. The van der Waals surface area contributed by atoms with Crippen LogP contribution in [0.3, 0.4) is 0 Å². The molecule has 0 aliphatic rings. The summed E-state index contributed by atoms with van der Waals surface area (Å²) in [5.74, 6) is -1.91. The Morgan fingerprint density at radius 2 is 1.85 bits per heavy atom. The molecule has 0 spiro atoms. The normalized spacial score (nSPS) is 10.6. The van der Waals surface area contributed by atoms with Gasteiger partial charge in [0.2, 0.25) is 0 Å². The Bertz CT molecular complexity index is 647. The molecule has 0 fully saturated rings. The minimum Gasteiger partial charge on any atom is -0.478 e. The van der Waals surface area contributed by atoms with Crippen molar-refractivity contribution in [2.75, 3.05) is 0 Å². The molecule has 3 heteroatoms. The fourth-order valence-corrected chi connectivity index (χ4v) is 2.31. The molecule has 0 saturated carbocycles. The maximum absolute atomic E-state index is 14.4. The number of hydrogen-bond acceptors (Lipinski definition) is 1. The molecule has 0 unspecified atom stereocenters. The zero-order chi connectivity index (χ0) is 14.7. The maximum Gasteiger partial charge on any atom is 0.338 e. The van der Waals surface area contributed by atoms with E-state index in [-0.39, 0.29) is 5.56 Å². The molecular weight excluding hydrogens is 255 g/mol. The second kappa shape index (κ2) is 5.87. The molecule has 2 nitrogen and oxygen atoms in total. The van der Waals surface area contributed by atoms with Gasteiger partial charge in [-0.05, 0) is 35.6 Å². The lowest BCUT2D eigenvalue weighted by molar-refractivity contribution is 0.0692. The summed E-state index contributed by atoms with van der Waals surface area (Å²) in [6, 6.07) is 10.5. The summed E-state index contributed by atoms with van der Waals surface area (Å²) in [4.78, 5) is 11.0. The van der Waals surface area contributed by atoms with Gasteiger partial charge in [0.05, 0.1) is 5.56 Å². The summed E-state index contributed by atoms with van der Waals surface area (Å²) >= 11 is 0. The number of rotatable bonds is 4. The lowest BCUT2D eigenvalue weighted by Gasteiger charge is -2.12. The Labute approximate surface area is 117 Å². The predicted octanol–water partition coefficient (Wildman–Crippen LogP) is 4.32. The number of aryl methyl sites for hydroxylation is 2. The van der Waals surface area contributed by atoms with E-state index in [4.69, 9.17) is 5.11 Å². The molecule has 2 rings (SSSR count). The van der Waals surface area contributed by atoms with Crippen LogP contribution >= 0.6 is 0 Å². The number of carboxylic acids is 1. The summed E-state index contributed by atoms with van der Waals surface area (Å²) in [6.45, 7) is 4.04. The van der Waals surface area contributed by atoms with Crippen molar-refractivity contribution in [1.29, 1.82) is 0 Å². The summed E-state index contributed by atoms with van der Waals surface area (Å²) in [7, 11) is 0. The van der Waals surface area contributed by atoms with Crippen LogP contribution in [0.2, 0.25) is 0 Å². The van der Waals surface area contributed by atoms with Crippen LogP contribution in [-0.2, 0) is 12.8 Å². The average Bonchev–Trinajstić information content (AvgIpc) is 2.46. The van der Waals surface area contributed by atoms with Crippen molar-refractivity contribution in [3.8, 4) is 11.1 Å². The molecule has 0 heterocycles. The minimum absolute atomic E-state index is 0.286.